The normalized spacial score (nSPS) is 27.0. The maximum absolute atomic E-state index is 12.7. The highest BCUT2D eigenvalue weighted by Crippen LogP contribution is 2.26. The summed E-state index contributed by atoms with van der Waals surface area (Å²) >= 11 is 0. The number of rotatable bonds is 3. The molecule has 114 valence electrons. The van der Waals surface area contributed by atoms with Crippen LogP contribution in [-0.4, -0.2) is 47.8 Å². The molecule has 2 aliphatic rings. The van der Waals surface area contributed by atoms with Gasteiger partial charge in [0.25, 0.3) is 0 Å². The molecule has 0 aliphatic carbocycles. The van der Waals surface area contributed by atoms with Gasteiger partial charge in [0.2, 0.25) is 5.91 Å². The summed E-state index contributed by atoms with van der Waals surface area (Å²) in [6.45, 7) is 2.03. The molecule has 2 fully saturated rings. The average molecular weight is 289 g/mol. The fourth-order valence-corrected chi connectivity index (χ4v) is 3.39. The van der Waals surface area contributed by atoms with Gasteiger partial charge in [-0.2, -0.15) is 0 Å². The number of amides is 1. The predicted octanol–water partition coefficient (Wildman–Crippen LogP) is 1.62. The number of aliphatic hydroxyl groups is 1. The molecule has 4 heteroatoms. The molecule has 3 rings (SSSR count). The molecule has 2 saturated heterocycles. The Labute approximate surface area is 125 Å². The molecule has 0 bridgehead atoms. The van der Waals surface area contributed by atoms with Crippen molar-refractivity contribution >= 4 is 5.91 Å². The number of hydrogen-bond donors (Lipinski definition) is 1. The van der Waals surface area contributed by atoms with Crippen molar-refractivity contribution in [1.29, 1.82) is 0 Å². The van der Waals surface area contributed by atoms with Crippen LogP contribution in [0.25, 0.3) is 0 Å². The molecule has 0 saturated carbocycles. The first-order valence-electron chi connectivity index (χ1n) is 7.86. The maximum Gasteiger partial charge on any atom is 0.226 e. The van der Waals surface area contributed by atoms with Crippen molar-refractivity contribution in [2.24, 2.45) is 5.92 Å². The second-order valence-electron chi connectivity index (χ2n) is 6.03. The van der Waals surface area contributed by atoms with Gasteiger partial charge in [0.05, 0.1) is 12.1 Å². The van der Waals surface area contributed by atoms with Gasteiger partial charge >= 0.3 is 0 Å². The van der Waals surface area contributed by atoms with E-state index in [9.17, 15) is 9.90 Å². The van der Waals surface area contributed by atoms with E-state index in [0.717, 1.165) is 19.3 Å². The van der Waals surface area contributed by atoms with Gasteiger partial charge in [-0.05, 0) is 31.2 Å². The number of ether oxygens (including phenoxy) is 1. The van der Waals surface area contributed by atoms with Crippen LogP contribution in [0.15, 0.2) is 30.3 Å². The van der Waals surface area contributed by atoms with Gasteiger partial charge in [-0.15, -0.1) is 0 Å². The summed E-state index contributed by atoms with van der Waals surface area (Å²) in [7, 11) is 0. The number of aliphatic hydroxyl groups excluding tert-OH is 1. The van der Waals surface area contributed by atoms with Gasteiger partial charge in [0.15, 0.2) is 0 Å². The minimum Gasteiger partial charge on any atom is -0.391 e. The first kappa shape index (κ1) is 14.5. The fraction of sp³-hybridized carbons (Fsp3) is 0.588. The third kappa shape index (κ3) is 3.27. The molecule has 21 heavy (non-hydrogen) atoms. The molecule has 4 nitrogen and oxygen atoms in total. The fourth-order valence-electron chi connectivity index (χ4n) is 3.39. The van der Waals surface area contributed by atoms with Crippen LogP contribution in [0.1, 0.15) is 24.8 Å². The number of carbonyl (C=O) groups excluding carboxylic acids is 1. The zero-order chi connectivity index (χ0) is 14.7. The molecule has 1 N–H and O–H groups in total. The van der Waals surface area contributed by atoms with Crippen molar-refractivity contribution in [1.82, 2.24) is 4.90 Å². The van der Waals surface area contributed by atoms with Crippen LogP contribution in [0.2, 0.25) is 0 Å². The van der Waals surface area contributed by atoms with Crippen molar-refractivity contribution in [2.75, 3.05) is 19.8 Å². The summed E-state index contributed by atoms with van der Waals surface area (Å²) in [6.07, 6.45) is 2.63. The number of carbonyl (C=O) groups is 1. The Bertz CT molecular complexity index is 470. The summed E-state index contributed by atoms with van der Waals surface area (Å²) in [5.74, 6) is 0.276. The lowest BCUT2D eigenvalue weighted by atomic mass is 9.96. The maximum atomic E-state index is 12.7. The molecule has 2 aliphatic heterocycles. The molecule has 0 spiro atoms. The predicted molar refractivity (Wildman–Crippen MR) is 79.8 cm³/mol. The molecular weight excluding hydrogens is 266 g/mol. The summed E-state index contributed by atoms with van der Waals surface area (Å²) in [6, 6.07) is 10.0. The molecule has 1 aromatic rings. The third-order valence-corrected chi connectivity index (χ3v) is 4.65. The number of nitrogens with zero attached hydrogens (tertiary/aromatic N) is 1. The van der Waals surface area contributed by atoms with Crippen molar-refractivity contribution in [3.63, 3.8) is 0 Å². The second-order valence-corrected chi connectivity index (χ2v) is 6.03. The minimum absolute atomic E-state index is 0.0716. The quantitative estimate of drug-likeness (QED) is 0.920. The highest BCUT2D eigenvalue weighted by Gasteiger charge is 2.38. The van der Waals surface area contributed by atoms with Crippen molar-refractivity contribution < 1.29 is 14.6 Å². The average Bonchev–Trinajstić information content (AvgIpc) is 2.90. The van der Waals surface area contributed by atoms with Crippen LogP contribution in [0, 0.1) is 5.92 Å². The SMILES string of the molecule is O=C(C1CCOCC1)N1CC[C@@H](O)[C@@H]1Cc1ccccc1. The van der Waals surface area contributed by atoms with E-state index in [2.05, 4.69) is 12.1 Å². The number of hydrogen-bond acceptors (Lipinski definition) is 3. The van der Waals surface area contributed by atoms with Crippen LogP contribution < -0.4 is 0 Å². The van der Waals surface area contributed by atoms with Gasteiger partial charge < -0.3 is 14.7 Å². The van der Waals surface area contributed by atoms with E-state index in [0.29, 0.717) is 26.2 Å². The van der Waals surface area contributed by atoms with Crippen LogP contribution in [0.3, 0.4) is 0 Å². The Morgan fingerprint density at radius 2 is 1.90 bits per heavy atom. The Morgan fingerprint density at radius 3 is 2.62 bits per heavy atom. The molecule has 0 radical (unpaired) electrons. The standard InChI is InChI=1S/C17H23NO3/c19-16-6-9-18(17(20)14-7-10-21-11-8-14)15(16)12-13-4-2-1-3-5-13/h1-5,14-16,19H,6-12H2/t15-,16+/m0/s1. The van der Waals surface area contributed by atoms with Gasteiger partial charge in [-0.1, -0.05) is 30.3 Å². The topological polar surface area (TPSA) is 49.8 Å². The summed E-state index contributed by atoms with van der Waals surface area (Å²) in [5.41, 5.74) is 1.17. The number of benzene rings is 1. The largest absolute Gasteiger partial charge is 0.391 e. The van der Waals surface area contributed by atoms with Gasteiger partial charge in [0, 0.05) is 25.7 Å². The molecule has 2 heterocycles. The molecule has 0 unspecified atom stereocenters. The first-order valence-corrected chi connectivity index (χ1v) is 7.86. The summed E-state index contributed by atoms with van der Waals surface area (Å²) in [5, 5.41) is 10.2. The lowest BCUT2D eigenvalue weighted by molar-refractivity contribution is -0.140. The molecule has 2 atom stereocenters. The first-order chi connectivity index (χ1) is 10.3. The molecule has 1 aromatic carbocycles. The van der Waals surface area contributed by atoms with E-state index in [4.69, 9.17) is 4.74 Å². The van der Waals surface area contributed by atoms with E-state index < -0.39 is 6.10 Å². The van der Waals surface area contributed by atoms with Crippen molar-refractivity contribution in [3.8, 4) is 0 Å². The van der Waals surface area contributed by atoms with Crippen molar-refractivity contribution in [2.45, 2.75) is 37.8 Å². The summed E-state index contributed by atoms with van der Waals surface area (Å²) < 4.78 is 5.34. The highest BCUT2D eigenvalue weighted by molar-refractivity contribution is 5.79. The van der Waals surface area contributed by atoms with Crippen LogP contribution >= 0.6 is 0 Å². The Kier molecular flexibility index (Phi) is 4.56. The third-order valence-electron chi connectivity index (χ3n) is 4.65. The minimum atomic E-state index is -0.408. The van der Waals surface area contributed by atoms with Crippen LogP contribution in [0.4, 0.5) is 0 Å². The Morgan fingerprint density at radius 1 is 1.19 bits per heavy atom. The van der Waals surface area contributed by atoms with Gasteiger partial charge in [-0.3, -0.25) is 4.79 Å². The van der Waals surface area contributed by atoms with Crippen molar-refractivity contribution in [3.05, 3.63) is 35.9 Å². The number of likely N-dealkylation sites (tertiary alicyclic amines) is 1. The summed E-state index contributed by atoms with van der Waals surface area (Å²) in [4.78, 5) is 14.6. The lowest BCUT2D eigenvalue weighted by Crippen LogP contribution is -2.45. The molecular formula is C17H23NO3. The highest BCUT2D eigenvalue weighted by atomic mass is 16.5. The van der Waals surface area contributed by atoms with Gasteiger partial charge in [-0.25, -0.2) is 0 Å². The Balaban J connectivity index is 1.69. The lowest BCUT2D eigenvalue weighted by Gasteiger charge is -2.31. The second kappa shape index (κ2) is 6.58. The van der Waals surface area contributed by atoms with E-state index in [-0.39, 0.29) is 17.9 Å². The van der Waals surface area contributed by atoms with Crippen LogP contribution in [-0.2, 0) is 16.0 Å². The zero-order valence-electron chi connectivity index (χ0n) is 12.3. The monoisotopic (exact) mass is 289 g/mol. The molecule has 0 aromatic heterocycles. The van der Waals surface area contributed by atoms with Crippen LogP contribution in [0.5, 0.6) is 0 Å². The van der Waals surface area contributed by atoms with E-state index in [1.165, 1.54) is 5.56 Å². The zero-order valence-corrected chi connectivity index (χ0v) is 12.3. The van der Waals surface area contributed by atoms with E-state index in [1.807, 2.05) is 23.1 Å². The smallest absolute Gasteiger partial charge is 0.226 e. The Hall–Kier alpha value is -1.39. The van der Waals surface area contributed by atoms with Gasteiger partial charge in [0.1, 0.15) is 0 Å². The van der Waals surface area contributed by atoms with E-state index in [1.54, 1.807) is 0 Å². The van der Waals surface area contributed by atoms with E-state index >= 15 is 0 Å². The molecule has 1 amide bonds.